The number of alkyl halides is 3. The van der Waals surface area contributed by atoms with E-state index in [1.54, 1.807) is 0 Å². The lowest BCUT2D eigenvalue weighted by Gasteiger charge is -2.11. The first-order valence-corrected chi connectivity index (χ1v) is 6.03. The Labute approximate surface area is 121 Å². The van der Waals surface area contributed by atoms with E-state index in [4.69, 9.17) is 0 Å². The van der Waals surface area contributed by atoms with Crippen molar-refractivity contribution >= 4 is 0 Å². The summed E-state index contributed by atoms with van der Waals surface area (Å²) in [7, 11) is 0. The summed E-state index contributed by atoms with van der Waals surface area (Å²) >= 11 is 0. The third-order valence-electron chi connectivity index (χ3n) is 2.91. The number of tetrazole rings is 1. The standard InChI is InChI=1S/C13H7F4N5/c14-8-1-3-9(4-2-8)22-12(19-20-21-22)10-7-18-6-5-11(10)13(15,16)17/h1-7H. The van der Waals surface area contributed by atoms with Crippen LogP contribution in [0.3, 0.4) is 0 Å². The van der Waals surface area contributed by atoms with Crippen molar-refractivity contribution in [2.75, 3.05) is 0 Å². The predicted molar refractivity (Wildman–Crippen MR) is 67.3 cm³/mol. The van der Waals surface area contributed by atoms with E-state index in [0.29, 0.717) is 5.69 Å². The van der Waals surface area contributed by atoms with Crippen molar-refractivity contribution in [3.8, 4) is 17.1 Å². The van der Waals surface area contributed by atoms with Gasteiger partial charge in [0.1, 0.15) is 5.82 Å². The van der Waals surface area contributed by atoms with Crippen LogP contribution in [0, 0.1) is 5.82 Å². The number of hydrogen-bond acceptors (Lipinski definition) is 4. The smallest absolute Gasteiger partial charge is 0.264 e. The molecule has 0 aliphatic heterocycles. The Morgan fingerprint density at radius 3 is 2.41 bits per heavy atom. The summed E-state index contributed by atoms with van der Waals surface area (Å²) in [5.41, 5.74) is -0.830. The highest BCUT2D eigenvalue weighted by Gasteiger charge is 2.35. The fourth-order valence-corrected chi connectivity index (χ4v) is 1.93. The highest BCUT2D eigenvalue weighted by molar-refractivity contribution is 5.61. The second-order valence-electron chi connectivity index (χ2n) is 4.31. The fourth-order valence-electron chi connectivity index (χ4n) is 1.93. The van der Waals surface area contributed by atoms with Crippen molar-refractivity contribution < 1.29 is 17.6 Å². The highest BCUT2D eigenvalue weighted by Crippen LogP contribution is 2.35. The van der Waals surface area contributed by atoms with Gasteiger partial charge < -0.3 is 0 Å². The van der Waals surface area contributed by atoms with Crippen LogP contribution in [0.25, 0.3) is 17.1 Å². The van der Waals surface area contributed by atoms with Gasteiger partial charge in [-0.3, -0.25) is 4.98 Å². The largest absolute Gasteiger partial charge is 0.417 e. The lowest BCUT2D eigenvalue weighted by molar-refractivity contribution is -0.137. The summed E-state index contributed by atoms with van der Waals surface area (Å²) in [5, 5.41) is 10.7. The molecule has 0 amide bonds. The molecule has 3 aromatic rings. The van der Waals surface area contributed by atoms with Crippen molar-refractivity contribution in [2.45, 2.75) is 6.18 Å². The first kappa shape index (κ1) is 14.1. The maximum Gasteiger partial charge on any atom is 0.417 e. The number of pyridine rings is 1. The molecule has 0 fully saturated rings. The zero-order valence-electron chi connectivity index (χ0n) is 10.8. The second-order valence-corrected chi connectivity index (χ2v) is 4.31. The molecular formula is C13H7F4N5. The Morgan fingerprint density at radius 2 is 1.73 bits per heavy atom. The molecule has 2 aromatic heterocycles. The minimum absolute atomic E-state index is 0.132. The SMILES string of the molecule is Fc1ccc(-n2nnnc2-c2cnccc2C(F)(F)F)cc1. The first-order chi connectivity index (χ1) is 10.5. The van der Waals surface area contributed by atoms with E-state index in [0.717, 1.165) is 35.3 Å². The van der Waals surface area contributed by atoms with E-state index < -0.39 is 17.6 Å². The molecule has 9 heteroatoms. The van der Waals surface area contributed by atoms with Crippen LogP contribution >= 0.6 is 0 Å². The number of halogens is 4. The number of hydrogen-bond donors (Lipinski definition) is 0. The third kappa shape index (κ3) is 2.52. The van der Waals surface area contributed by atoms with E-state index in [2.05, 4.69) is 20.5 Å². The van der Waals surface area contributed by atoms with Gasteiger partial charge in [0.05, 0.1) is 16.8 Å². The van der Waals surface area contributed by atoms with Crippen molar-refractivity contribution in [3.63, 3.8) is 0 Å². The van der Waals surface area contributed by atoms with Crippen molar-refractivity contribution in [2.24, 2.45) is 0 Å². The summed E-state index contributed by atoms with van der Waals surface area (Å²) < 4.78 is 53.3. The van der Waals surface area contributed by atoms with Crippen LogP contribution in [0.15, 0.2) is 42.7 Å². The van der Waals surface area contributed by atoms with E-state index in [1.807, 2.05) is 0 Å². The monoisotopic (exact) mass is 309 g/mol. The van der Waals surface area contributed by atoms with Gasteiger partial charge in [0, 0.05) is 12.4 Å². The van der Waals surface area contributed by atoms with Gasteiger partial charge in [-0.25, -0.2) is 4.39 Å². The third-order valence-corrected chi connectivity index (χ3v) is 2.91. The molecule has 0 radical (unpaired) electrons. The summed E-state index contributed by atoms with van der Waals surface area (Å²) in [4.78, 5) is 3.69. The molecule has 0 atom stereocenters. The van der Waals surface area contributed by atoms with Gasteiger partial charge in [-0.15, -0.1) is 5.10 Å². The Hall–Kier alpha value is -2.84. The molecule has 0 unspecified atom stereocenters. The van der Waals surface area contributed by atoms with E-state index >= 15 is 0 Å². The lowest BCUT2D eigenvalue weighted by atomic mass is 10.1. The normalized spacial score (nSPS) is 11.6. The topological polar surface area (TPSA) is 56.5 Å². The van der Waals surface area contributed by atoms with Crippen LogP contribution in [0.2, 0.25) is 0 Å². The molecule has 0 saturated carbocycles. The zero-order chi connectivity index (χ0) is 15.7. The van der Waals surface area contributed by atoms with Crippen molar-refractivity contribution in [1.82, 2.24) is 25.2 Å². The molecule has 112 valence electrons. The summed E-state index contributed by atoms with van der Waals surface area (Å²) in [6.45, 7) is 0. The van der Waals surface area contributed by atoms with Crippen LogP contribution in [-0.2, 0) is 6.18 Å². The average molecular weight is 309 g/mol. The number of benzene rings is 1. The zero-order valence-corrected chi connectivity index (χ0v) is 10.8. The second kappa shape index (κ2) is 5.17. The molecule has 0 saturated heterocycles. The quantitative estimate of drug-likeness (QED) is 0.683. The molecule has 0 spiro atoms. The molecule has 2 heterocycles. The minimum Gasteiger partial charge on any atom is -0.264 e. The molecule has 0 N–H and O–H groups in total. The van der Waals surface area contributed by atoms with Crippen molar-refractivity contribution in [1.29, 1.82) is 0 Å². The van der Waals surface area contributed by atoms with Crippen LogP contribution in [0.4, 0.5) is 17.6 Å². The van der Waals surface area contributed by atoms with E-state index in [9.17, 15) is 17.6 Å². The molecule has 0 aliphatic carbocycles. The van der Waals surface area contributed by atoms with E-state index in [-0.39, 0.29) is 11.4 Å². The molecule has 1 aromatic carbocycles. The fraction of sp³-hybridized carbons (Fsp3) is 0.0769. The van der Waals surface area contributed by atoms with Gasteiger partial charge in [0.25, 0.3) is 0 Å². The Kier molecular flexibility index (Phi) is 3.32. The maximum atomic E-state index is 13.1. The van der Waals surface area contributed by atoms with Gasteiger partial charge in [0.15, 0.2) is 5.82 Å². The van der Waals surface area contributed by atoms with Crippen LogP contribution in [0.1, 0.15) is 5.56 Å². The van der Waals surface area contributed by atoms with Gasteiger partial charge in [-0.05, 0) is 40.8 Å². The molecule has 5 nitrogen and oxygen atoms in total. The number of aromatic nitrogens is 5. The maximum absolute atomic E-state index is 13.1. The van der Waals surface area contributed by atoms with Crippen LogP contribution in [-0.4, -0.2) is 25.2 Å². The Bertz CT molecular complexity index is 795. The van der Waals surface area contributed by atoms with Gasteiger partial charge in [-0.2, -0.15) is 17.9 Å². The Balaban J connectivity index is 2.16. The number of nitrogens with zero attached hydrogens (tertiary/aromatic N) is 5. The van der Waals surface area contributed by atoms with Gasteiger partial charge >= 0.3 is 6.18 Å². The summed E-state index contributed by atoms with van der Waals surface area (Å²) in [6.07, 6.45) is -2.50. The van der Waals surface area contributed by atoms with Crippen molar-refractivity contribution in [3.05, 3.63) is 54.1 Å². The van der Waals surface area contributed by atoms with E-state index in [1.165, 1.54) is 12.1 Å². The van der Waals surface area contributed by atoms with Gasteiger partial charge in [0.2, 0.25) is 0 Å². The molecule has 0 bridgehead atoms. The van der Waals surface area contributed by atoms with Crippen LogP contribution in [0.5, 0.6) is 0 Å². The first-order valence-electron chi connectivity index (χ1n) is 6.03. The minimum atomic E-state index is -4.57. The number of rotatable bonds is 2. The Morgan fingerprint density at radius 1 is 1.00 bits per heavy atom. The molecule has 3 rings (SSSR count). The summed E-state index contributed by atoms with van der Waals surface area (Å²) in [6, 6.07) is 5.89. The average Bonchev–Trinajstić information content (AvgIpc) is 2.96. The summed E-state index contributed by atoms with van der Waals surface area (Å²) in [5.74, 6) is -0.609. The molecular weight excluding hydrogens is 302 g/mol. The van der Waals surface area contributed by atoms with Gasteiger partial charge in [-0.1, -0.05) is 0 Å². The predicted octanol–water partition coefficient (Wildman–Crippen LogP) is 2.88. The highest BCUT2D eigenvalue weighted by atomic mass is 19.4. The molecule has 0 aliphatic rings. The van der Waals surface area contributed by atoms with Crippen LogP contribution < -0.4 is 0 Å². The molecule has 22 heavy (non-hydrogen) atoms. The lowest BCUT2D eigenvalue weighted by Crippen LogP contribution is -2.10.